The van der Waals surface area contributed by atoms with Gasteiger partial charge in [0.05, 0.1) is 5.54 Å². The standard InChI is InChI=1S/C19H25N3O2/c1-18(2)19(8-10-20-11-9-19)24-17(23)22(18)12-7-14-13-21-16-6-4-3-5-15(14)16/h3-6,13,20-21H,7-12H2,1-2H3. The second-order valence-electron chi connectivity index (χ2n) is 7.43. The smallest absolute Gasteiger partial charge is 0.411 e. The minimum absolute atomic E-state index is 0.165. The number of ether oxygens (including phenoxy) is 1. The molecule has 2 saturated heterocycles. The van der Waals surface area contributed by atoms with Crippen molar-refractivity contribution in [2.45, 2.75) is 44.2 Å². The fraction of sp³-hybridized carbons (Fsp3) is 0.526. The largest absolute Gasteiger partial charge is 0.440 e. The van der Waals surface area contributed by atoms with E-state index >= 15 is 0 Å². The van der Waals surface area contributed by atoms with Gasteiger partial charge in [0, 0.05) is 36.5 Å². The summed E-state index contributed by atoms with van der Waals surface area (Å²) in [6.45, 7) is 6.81. The molecule has 0 aliphatic carbocycles. The first-order chi connectivity index (χ1) is 11.5. The van der Waals surface area contributed by atoms with Crippen LogP contribution in [0.4, 0.5) is 4.79 Å². The van der Waals surface area contributed by atoms with Crippen molar-refractivity contribution in [3.8, 4) is 0 Å². The summed E-state index contributed by atoms with van der Waals surface area (Å²) in [5, 5.41) is 4.60. The number of piperidine rings is 1. The molecule has 3 heterocycles. The summed E-state index contributed by atoms with van der Waals surface area (Å²) in [6, 6.07) is 8.29. The Bertz CT molecular complexity index is 759. The van der Waals surface area contributed by atoms with Gasteiger partial charge in [0.25, 0.3) is 0 Å². The Balaban J connectivity index is 1.55. The highest BCUT2D eigenvalue weighted by atomic mass is 16.6. The number of aromatic nitrogens is 1. The van der Waals surface area contributed by atoms with Gasteiger partial charge in [0.1, 0.15) is 5.60 Å². The zero-order valence-corrected chi connectivity index (χ0v) is 14.4. The zero-order chi connectivity index (χ0) is 16.8. The van der Waals surface area contributed by atoms with Gasteiger partial charge in [-0.1, -0.05) is 18.2 Å². The van der Waals surface area contributed by atoms with Crippen LogP contribution in [0.5, 0.6) is 0 Å². The van der Waals surface area contributed by atoms with Crippen LogP contribution in [0.15, 0.2) is 30.5 Å². The van der Waals surface area contributed by atoms with E-state index in [0.29, 0.717) is 6.54 Å². The van der Waals surface area contributed by atoms with Gasteiger partial charge in [-0.05, 0) is 45.0 Å². The summed E-state index contributed by atoms with van der Waals surface area (Å²) < 4.78 is 5.91. The van der Waals surface area contributed by atoms with Crippen molar-refractivity contribution in [1.82, 2.24) is 15.2 Å². The number of nitrogens with zero attached hydrogens (tertiary/aromatic N) is 1. The Morgan fingerprint density at radius 1 is 1.21 bits per heavy atom. The van der Waals surface area contributed by atoms with E-state index in [-0.39, 0.29) is 17.2 Å². The van der Waals surface area contributed by atoms with Gasteiger partial charge in [0.15, 0.2) is 0 Å². The third-order valence-electron chi connectivity index (χ3n) is 5.98. The van der Waals surface area contributed by atoms with E-state index in [0.717, 1.165) is 37.9 Å². The molecule has 1 spiro atoms. The molecule has 4 rings (SSSR count). The fourth-order valence-electron chi connectivity index (χ4n) is 4.31. The van der Waals surface area contributed by atoms with Crippen molar-refractivity contribution in [3.05, 3.63) is 36.0 Å². The van der Waals surface area contributed by atoms with Crippen molar-refractivity contribution in [3.63, 3.8) is 0 Å². The van der Waals surface area contributed by atoms with Crippen molar-refractivity contribution >= 4 is 17.0 Å². The van der Waals surface area contributed by atoms with E-state index in [2.05, 4.69) is 48.5 Å². The van der Waals surface area contributed by atoms with Crippen LogP contribution < -0.4 is 5.32 Å². The van der Waals surface area contributed by atoms with Crippen LogP contribution in [0, 0.1) is 0 Å². The molecule has 0 unspecified atom stereocenters. The SMILES string of the molecule is CC1(C)N(CCc2c[nH]c3ccccc23)C(=O)OC12CCNCC2. The number of carbonyl (C=O) groups excluding carboxylic acids is 1. The van der Waals surface area contributed by atoms with Gasteiger partial charge >= 0.3 is 6.09 Å². The highest BCUT2D eigenvalue weighted by Crippen LogP contribution is 2.44. The zero-order valence-electron chi connectivity index (χ0n) is 14.4. The number of benzene rings is 1. The summed E-state index contributed by atoms with van der Waals surface area (Å²) in [7, 11) is 0. The predicted octanol–water partition coefficient (Wildman–Crippen LogP) is 3.06. The average Bonchev–Trinajstić information content (AvgIpc) is 3.05. The van der Waals surface area contributed by atoms with Crippen LogP contribution in [-0.2, 0) is 11.2 Å². The van der Waals surface area contributed by atoms with E-state index in [4.69, 9.17) is 4.74 Å². The number of hydrogen-bond acceptors (Lipinski definition) is 3. The molecule has 128 valence electrons. The molecule has 5 heteroatoms. The Morgan fingerprint density at radius 3 is 2.75 bits per heavy atom. The van der Waals surface area contributed by atoms with Crippen LogP contribution in [0.1, 0.15) is 32.3 Å². The van der Waals surface area contributed by atoms with Crippen molar-refractivity contribution < 1.29 is 9.53 Å². The van der Waals surface area contributed by atoms with Crippen LogP contribution in [0.2, 0.25) is 0 Å². The molecule has 5 nitrogen and oxygen atoms in total. The average molecular weight is 327 g/mol. The van der Waals surface area contributed by atoms with E-state index in [1.807, 2.05) is 11.0 Å². The molecule has 2 N–H and O–H groups in total. The molecule has 2 fully saturated rings. The summed E-state index contributed by atoms with van der Waals surface area (Å²) in [5.74, 6) is 0. The summed E-state index contributed by atoms with van der Waals surface area (Å²) in [6.07, 6.45) is 4.49. The second-order valence-corrected chi connectivity index (χ2v) is 7.43. The maximum Gasteiger partial charge on any atom is 0.411 e. The van der Waals surface area contributed by atoms with E-state index < -0.39 is 0 Å². The van der Waals surface area contributed by atoms with E-state index in [9.17, 15) is 4.79 Å². The number of rotatable bonds is 3. The number of carbonyl (C=O) groups is 1. The van der Waals surface area contributed by atoms with Crippen molar-refractivity contribution in [2.24, 2.45) is 0 Å². The lowest BCUT2D eigenvalue weighted by atomic mass is 9.76. The highest BCUT2D eigenvalue weighted by Gasteiger charge is 2.59. The quantitative estimate of drug-likeness (QED) is 0.911. The number of amides is 1. The first-order valence-corrected chi connectivity index (χ1v) is 8.80. The highest BCUT2D eigenvalue weighted by molar-refractivity contribution is 5.83. The molecule has 0 bridgehead atoms. The maximum atomic E-state index is 12.6. The fourth-order valence-corrected chi connectivity index (χ4v) is 4.31. The number of hydrogen-bond donors (Lipinski definition) is 2. The molecule has 1 amide bonds. The van der Waals surface area contributed by atoms with Gasteiger partial charge in [0.2, 0.25) is 0 Å². The normalized spacial score (nSPS) is 22.2. The summed E-state index contributed by atoms with van der Waals surface area (Å²) >= 11 is 0. The molecule has 2 aromatic rings. The number of nitrogens with one attached hydrogen (secondary N) is 2. The summed E-state index contributed by atoms with van der Waals surface area (Å²) in [4.78, 5) is 17.8. The van der Waals surface area contributed by atoms with Crippen LogP contribution in [-0.4, -0.2) is 46.8 Å². The summed E-state index contributed by atoms with van der Waals surface area (Å²) in [5.41, 5.74) is 1.76. The topological polar surface area (TPSA) is 57.4 Å². The molecule has 0 atom stereocenters. The molecule has 2 aliphatic rings. The Labute approximate surface area is 142 Å². The Morgan fingerprint density at radius 2 is 1.96 bits per heavy atom. The molecule has 1 aromatic heterocycles. The number of H-pyrrole nitrogens is 1. The van der Waals surface area contributed by atoms with Crippen LogP contribution in [0.3, 0.4) is 0 Å². The van der Waals surface area contributed by atoms with E-state index in [1.165, 1.54) is 10.9 Å². The van der Waals surface area contributed by atoms with Crippen LogP contribution in [0.25, 0.3) is 10.9 Å². The molecule has 1 aromatic carbocycles. The molecule has 0 radical (unpaired) electrons. The second kappa shape index (κ2) is 5.52. The lowest BCUT2D eigenvalue weighted by Crippen LogP contribution is -2.58. The number of para-hydroxylation sites is 1. The minimum Gasteiger partial charge on any atom is -0.440 e. The van der Waals surface area contributed by atoms with Gasteiger partial charge in [-0.2, -0.15) is 0 Å². The Hall–Kier alpha value is -2.01. The lowest BCUT2D eigenvalue weighted by molar-refractivity contribution is -0.0248. The maximum absolute atomic E-state index is 12.6. The molecule has 2 aliphatic heterocycles. The molecule has 0 saturated carbocycles. The number of fused-ring (bicyclic) bond motifs is 1. The van der Waals surface area contributed by atoms with Gasteiger partial charge in [-0.25, -0.2) is 4.79 Å². The van der Waals surface area contributed by atoms with Gasteiger partial charge < -0.3 is 15.0 Å². The van der Waals surface area contributed by atoms with Gasteiger partial charge in [-0.3, -0.25) is 4.90 Å². The minimum atomic E-state index is -0.352. The lowest BCUT2D eigenvalue weighted by Gasteiger charge is -2.44. The predicted molar refractivity (Wildman–Crippen MR) is 94.1 cm³/mol. The van der Waals surface area contributed by atoms with Gasteiger partial charge in [-0.15, -0.1) is 0 Å². The Kier molecular flexibility index (Phi) is 3.57. The van der Waals surface area contributed by atoms with Crippen molar-refractivity contribution in [2.75, 3.05) is 19.6 Å². The molecule has 24 heavy (non-hydrogen) atoms. The van der Waals surface area contributed by atoms with Crippen molar-refractivity contribution in [1.29, 1.82) is 0 Å². The third-order valence-corrected chi connectivity index (χ3v) is 5.98. The van der Waals surface area contributed by atoms with Crippen LogP contribution >= 0.6 is 0 Å². The molecular formula is C19H25N3O2. The monoisotopic (exact) mass is 327 g/mol. The first kappa shape index (κ1) is 15.5. The first-order valence-electron chi connectivity index (χ1n) is 8.80. The third kappa shape index (κ3) is 2.22. The number of aromatic amines is 1. The van der Waals surface area contributed by atoms with E-state index in [1.54, 1.807) is 0 Å². The molecular weight excluding hydrogens is 302 g/mol.